The van der Waals surface area contributed by atoms with Gasteiger partial charge in [0.05, 0.1) is 20.5 Å². The van der Waals surface area contributed by atoms with Crippen LogP contribution in [-0.4, -0.2) is 14.9 Å². The number of pyridine rings is 2. The molecule has 9 heteroatoms. The summed E-state index contributed by atoms with van der Waals surface area (Å²) in [5.74, 6) is 0. The summed E-state index contributed by atoms with van der Waals surface area (Å²) in [5, 5.41) is 11.5. The molecular weight excluding hydrogens is 360 g/mol. The Morgan fingerprint density at radius 1 is 1.05 bits per heavy atom. The quantitative estimate of drug-likeness (QED) is 0.255. The summed E-state index contributed by atoms with van der Waals surface area (Å²) in [6.45, 7) is 0. The van der Waals surface area contributed by atoms with Crippen LogP contribution in [0.4, 0.5) is 5.69 Å². The Morgan fingerprint density at radius 2 is 1.76 bits per heavy atom. The highest BCUT2D eigenvalue weighted by Crippen LogP contribution is 2.45. The van der Waals surface area contributed by atoms with Crippen LogP contribution in [0.2, 0.25) is 20.2 Å². The first-order chi connectivity index (χ1) is 9.93. The van der Waals surface area contributed by atoms with Gasteiger partial charge in [0, 0.05) is 11.6 Å². The number of fused-ring (bicyclic) bond motifs is 3. The predicted octanol–water partition coefficient (Wildman–Crippen LogP) is 5.30. The largest absolute Gasteiger partial charge is 0.299 e. The van der Waals surface area contributed by atoms with Gasteiger partial charge >= 0.3 is 0 Å². The molecule has 0 amide bonds. The average Bonchev–Trinajstić information content (AvgIpc) is 2.46. The van der Waals surface area contributed by atoms with E-state index in [2.05, 4.69) is 9.97 Å². The molecule has 0 atom stereocenters. The maximum atomic E-state index is 11.4. The Bertz CT molecular complexity index is 930. The Morgan fingerprint density at radius 3 is 2.43 bits per heavy atom. The average molecular weight is 363 g/mol. The molecule has 0 unspecified atom stereocenters. The lowest BCUT2D eigenvalue weighted by molar-refractivity contribution is -0.382. The van der Waals surface area contributed by atoms with Gasteiger partial charge in [0.25, 0.3) is 5.69 Å². The van der Waals surface area contributed by atoms with Crippen molar-refractivity contribution in [3.8, 4) is 0 Å². The third-order valence-corrected chi connectivity index (χ3v) is 4.53. The fourth-order valence-electron chi connectivity index (χ4n) is 2.07. The van der Waals surface area contributed by atoms with E-state index in [1.54, 1.807) is 12.1 Å². The molecule has 0 bridgehead atoms. The van der Waals surface area contributed by atoms with Crippen molar-refractivity contribution >= 4 is 73.9 Å². The SMILES string of the molecule is O=[N+]([O-])c1c(Cl)c2cccnc2c2nc(Cl)c(Cl)c(Cl)c12. The van der Waals surface area contributed by atoms with Crippen LogP contribution in [0.25, 0.3) is 21.8 Å². The normalized spacial score (nSPS) is 11.2. The summed E-state index contributed by atoms with van der Waals surface area (Å²) in [5.41, 5.74) is 0.174. The topological polar surface area (TPSA) is 68.9 Å². The van der Waals surface area contributed by atoms with Gasteiger partial charge < -0.3 is 0 Å². The Labute approximate surface area is 137 Å². The van der Waals surface area contributed by atoms with E-state index in [9.17, 15) is 10.1 Å². The van der Waals surface area contributed by atoms with Crippen LogP contribution in [0.5, 0.6) is 0 Å². The lowest BCUT2D eigenvalue weighted by Crippen LogP contribution is -1.97. The molecule has 0 saturated carbocycles. The molecule has 0 aliphatic carbocycles. The second-order valence-corrected chi connectivity index (χ2v) is 5.57. The third kappa shape index (κ3) is 2.08. The van der Waals surface area contributed by atoms with Crippen molar-refractivity contribution in [1.82, 2.24) is 9.97 Å². The van der Waals surface area contributed by atoms with Gasteiger partial charge in [-0.3, -0.25) is 15.1 Å². The van der Waals surface area contributed by atoms with Crippen molar-refractivity contribution in [2.24, 2.45) is 0 Å². The van der Waals surface area contributed by atoms with E-state index in [0.29, 0.717) is 10.9 Å². The zero-order valence-corrected chi connectivity index (χ0v) is 12.9. The monoisotopic (exact) mass is 361 g/mol. The number of benzene rings is 1. The van der Waals surface area contributed by atoms with Crippen molar-refractivity contribution < 1.29 is 4.92 Å². The van der Waals surface area contributed by atoms with Crippen LogP contribution in [0.1, 0.15) is 0 Å². The molecule has 3 aromatic rings. The molecule has 1 aromatic carbocycles. The Balaban J connectivity index is 2.73. The fourth-order valence-corrected chi connectivity index (χ4v) is 3.02. The summed E-state index contributed by atoms with van der Waals surface area (Å²) >= 11 is 24.1. The number of hydrogen-bond donors (Lipinski definition) is 0. The lowest BCUT2D eigenvalue weighted by atomic mass is 10.1. The van der Waals surface area contributed by atoms with Gasteiger partial charge in [0.1, 0.15) is 21.1 Å². The maximum Gasteiger partial charge on any atom is 0.299 e. The molecule has 0 fully saturated rings. The number of halogens is 4. The second-order valence-electron chi connectivity index (χ2n) is 4.07. The number of rotatable bonds is 1. The summed E-state index contributed by atoms with van der Waals surface area (Å²) in [7, 11) is 0. The Hall–Kier alpha value is -1.40. The highest BCUT2D eigenvalue weighted by Gasteiger charge is 2.27. The van der Waals surface area contributed by atoms with Crippen LogP contribution in [0, 0.1) is 10.1 Å². The first kappa shape index (κ1) is 14.5. The summed E-state index contributed by atoms with van der Waals surface area (Å²) < 4.78 is 0. The first-order valence-corrected chi connectivity index (χ1v) is 6.99. The molecule has 106 valence electrons. The maximum absolute atomic E-state index is 11.4. The number of nitro groups is 1. The minimum atomic E-state index is -0.630. The Kier molecular flexibility index (Phi) is 3.53. The van der Waals surface area contributed by atoms with Gasteiger partial charge in [-0.1, -0.05) is 46.4 Å². The highest BCUT2D eigenvalue weighted by atomic mass is 35.5. The number of nitrogens with zero attached hydrogens (tertiary/aromatic N) is 3. The molecule has 21 heavy (non-hydrogen) atoms. The molecule has 0 N–H and O–H groups in total. The van der Waals surface area contributed by atoms with Crippen LogP contribution in [0.3, 0.4) is 0 Å². The summed E-state index contributed by atoms with van der Waals surface area (Å²) in [6, 6.07) is 3.22. The number of aromatic nitrogens is 2. The van der Waals surface area contributed by atoms with E-state index in [0.717, 1.165) is 0 Å². The van der Waals surface area contributed by atoms with E-state index in [1.165, 1.54) is 6.20 Å². The third-order valence-electron chi connectivity index (χ3n) is 2.94. The van der Waals surface area contributed by atoms with Gasteiger partial charge in [0.15, 0.2) is 0 Å². The smallest absolute Gasteiger partial charge is 0.258 e. The van der Waals surface area contributed by atoms with Gasteiger partial charge in [-0.15, -0.1) is 0 Å². The highest BCUT2D eigenvalue weighted by molar-refractivity contribution is 6.51. The molecule has 0 saturated heterocycles. The molecule has 2 heterocycles. The van der Waals surface area contributed by atoms with E-state index in [-0.39, 0.29) is 36.8 Å². The lowest BCUT2D eigenvalue weighted by Gasteiger charge is -2.09. The van der Waals surface area contributed by atoms with Crippen LogP contribution in [-0.2, 0) is 0 Å². The minimum Gasteiger partial charge on any atom is -0.258 e. The molecule has 3 rings (SSSR count). The summed E-state index contributed by atoms with van der Waals surface area (Å²) in [4.78, 5) is 19.0. The van der Waals surface area contributed by atoms with Crippen LogP contribution in [0.15, 0.2) is 18.3 Å². The van der Waals surface area contributed by atoms with Crippen molar-refractivity contribution in [1.29, 1.82) is 0 Å². The fraction of sp³-hybridized carbons (Fsp3) is 0. The molecule has 0 aliphatic rings. The zero-order valence-electron chi connectivity index (χ0n) is 9.90. The van der Waals surface area contributed by atoms with Crippen LogP contribution >= 0.6 is 46.4 Å². The van der Waals surface area contributed by atoms with Gasteiger partial charge in [-0.2, -0.15) is 0 Å². The first-order valence-electron chi connectivity index (χ1n) is 5.48. The second kappa shape index (κ2) is 5.10. The molecule has 2 aromatic heterocycles. The molecule has 5 nitrogen and oxygen atoms in total. The van der Waals surface area contributed by atoms with Gasteiger partial charge in [-0.25, -0.2) is 4.98 Å². The van der Waals surface area contributed by atoms with Gasteiger partial charge in [-0.05, 0) is 12.1 Å². The van der Waals surface area contributed by atoms with Crippen molar-refractivity contribution in [2.75, 3.05) is 0 Å². The molecule has 0 spiro atoms. The van der Waals surface area contributed by atoms with Crippen LogP contribution < -0.4 is 0 Å². The minimum absolute atomic E-state index is 0.0206. The van der Waals surface area contributed by atoms with Gasteiger partial charge in [0.2, 0.25) is 0 Å². The molecule has 0 radical (unpaired) electrons. The predicted molar refractivity (Wildman–Crippen MR) is 83.7 cm³/mol. The number of hydrogen-bond acceptors (Lipinski definition) is 4. The van der Waals surface area contributed by atoms with E-state index < -0.39 is 4.92 Å². The van der Waals surface area contributed by atoms with E-state index in [4.69, 9.17) is 46.4 Å². The zero-order chi connectivity index (χ0) is 15.3. The van der Waals surface area contributed by atoms with Crippen molar-refractivity contribution in [2.45, 2.75) is 0 Å². The van der Waals surface area contributed by atoms with E-state index in [1.807, 2.05) is 0 Å². The van der Waals surface area contributed by atoms with E-state index >= 15 is 0 Å². The standard InChI is InChI=1S/C12H3Cl4N3O2/c13-6-4-2-1-3-17-9(4)10-5(11(6)19(20)21)7(14)8(15)12(16)18-10/h1-3H. The van der Waals surface area contributed by atoms with Crippen molar-refractivity contribution in [3.63, 3.8) is 0 Å². The number of nitro benzene ring substituents is 1. The van der Waals surface area contributed by atoms with Crippen molar-refractivity contribution in [3.05, 3.63) is 48.7 Å². The summed E-state index contributed by atoms with van der Waals surface area (Å²) in [6.07, 6.45) is 1.52. The molecular formula is C12H3Cl4N3O2. The molecule has 0 aliphatic heterocycles.